The Bertz CT molecular complexity index is 910. The maximum atomic E-state index is 13.1. The second-order valence-electron chi connectivity index (χ2n) is 8.67. The first-order valence-corrected chi connectivity index (χ1v) is 12.0. The summed E-state index contributed by atoms with van der Waals surface area (Å²) >= 11 is 1.63. The van der Waals surface area contributed by atoms with Crippen molar-refractivity contribution in [2.24, 2.45) is 11.5 Å². The molecule has 0 aromatic heterocycles. The van der Waals surface area contributed by atoms with E-state index < -0.39 is 6.04 Å². The number of carbonyl (C=O) groups excluding carboxylic acids is 3. The van der Waals surface area contributed by atoms with Gasteiger partial charge in [-0.25, -0.2) is 4.39 Å². The van der Waals surface area contributed by atoms with E-state index in [1.807, 2.05) is 12.5 Å². The summed E-state index contributed by atoms with van der Waals surface area (Å²) < 4.78 is 13.1. The predicted molar refractivity (Wildman–Crippen MR) is 126 cm³/mol. The van der Waals surface area contributed by atoms with Crippen LogP contribution < -0.4 is 11.5 Å². The lowest BCUT2D eigenvalue weighted by atomic mass is 10.0. The molecular formula is C23H32FN5O3S. The van der Waals surface area contributed by atoms with E-state index in [-0.39, 0.29) is 41.4 Å². The summed E-state index contributed by atoms with van der Waals surface area (Å²) in [7, 11) is 1.97. The highest BCUT2D eigenvalue weighted by molar-refractivity contribution is 8.02. The summed E-state index contributed by atoms with van der Waals surface area (Å²) in [4.78, 5) is 42.3. The van der Waals surface area contributed by atoms with Crippen molar-refractivity contribution < 1.29 is 18.8 Å². The second kappa shape index (κ2) is 11.1. The maximum absolute atomic E-state index is 13.1. The number of hydrogen-bond acceptors (Lipinski definition) is 7. The van der Waals surface area contributed by atoms with E-state index in [2.05, 4.69) is 9.80 Å². The fraction of sp³-hybridized carbons (Fsp3) is 0.522. The average molecular weight is 478 g/mol. The van der Waals surface area contributed by atoms with Gasteiger partial charge in [0, 0.05) is 51.3 Å². The largest absolute Gasteiger partial charge is 0.370 e. The van der Waals surface area contributed by atoms with Gasteiger partial charge in [0.1, 0.15) is 17.1 Å². The van der Waals surface area contributed by atoms with Crippen molar-refractivity contribution in [2.45, 2.75) is 50.2 Å². The molecule has 3 unspecified atom stereocenters. The molecule has 0 aliphatic carbocycles. The van der Waals surface area contributed by atoms with Crippen LogP contribution in [-0.4, -0.2) is 76.6 Å². The molecule has 0 saturated carbocycles. The molecule has 2 aliphatic rings. The lowest BCUT2D eigenvalue weighted by Crippen LogP contribution is -2.61. The van der Waals surface area contributed by atoms with Crippen LogP contribution in [0.4, 0.5) is 4.39 Å². The zero-order valence-electron chi connectivity index (χ0n) is 19.1. The third-order valence-electron chi connectivity index (χ3n) is 6.07. The van der Waals surface area contributed by atoms with Crippen molar-refractivity contribution in [3.8, 4) is 0 Å². The minimum absolute atomic E-state index is 0.0117. The molecule has 2 aliphatic heterocycles. The van der Waals surface area contributed by atoms with Gasteiger partial charge < -0.3 is 21.3 Å². The highest BCUT2D eigenvalue weighted by atomic mass is 32.2. The van der Waals surface area contributed by atoms with E-state index in [0.29, 0.717) is 38.9 Å². The number of carbonyl (C=O) groups is 3. The summed E-state index contributed by atoms with van der Waals surface area (Å²) in [6.07, 6.45) is 1.52. The first kappa shape index (κ1) is 25.2. The predicted octanol–water partition coefficient (Wildman–Crippen LogP) is 1.26. The summed E-state index contributed by atoms with van der Waals surface area (Å²) in [5, 5.41) is 2.04. The first-order chi connectivity index (χ1) is 15.7. The molecule has 3 rings (SSSR count). The van der Waals surface area contributed by atoms with Gasteiger partial charge >= 0.3 is 0 Å². The molecule has 0 bridgehead atoms. The van der Waals surface area contributed by atoms with Gasteiger partial charge in [-0.3, -0.25) is 19.3 Å². The standard InChI is InChI=1S/C23H32FN5O3S/c1-15(30)11-19-13-28(22(32)20(25)12-16-3-5-17(24)6-4-16)9-10-29(19)23-27(2)18(14-33-23)7-8-21(26)31/h3-6,14,19-20,23H,7-13,25H2,1-2H3,(H2,26,31). The van der Waals surface area contributed by atoms with Gasteiger partial charge in [-0.2, -0.15) is 0 Å². The SMILES string of the molecule is CC(=O)CC1CN(C(=O)C(N)Cc2ccc(F)cc2)CCN1C1SC=C(CCC(N)=O)N1C. The van der Waals surface area contributed by atoms with Gasteiger partial charge in [0.05, 0.1) is 6.04 Å². The van der Waals surface area contributed by atoms with Crippen molar-refractivity contribution in [3.63, 3.8) is 0 Å². The second-order valence-corrected chi connectivity index (χ2v) is 9.60. The topological polar surface area (TPSA) is 113 Å². The number of piperazine rings is 1. The monoisotopic (exact) mass is 477 g/mol. The fourth-order valence-electron chi connectivity index (χ4n) is 4.31. The number of ketones is 1. The molecule has 1 aromatic rings. The van der Waals surface area contributed by atoms with E-state index in [1.54, 1.807) is 35.7 Å². The summed E-state index contributed by atoms with van der Waals surface area (Å²) in [6, 6.07) is 5.11. The Kier molecular flexibility index (Phi) is 8.50. The molecule has 0 radical (unpaired) electrons. The molecule has 1 saturated heterocycles. The number of rotatable bonds is 9. The zero-order valence-corrected chi connectivity index (χ0v) is 19.9. The number of allylic oxidation sites excluding steroid dienone is 1. The summed E-state index contributed by atoms with van der Waals surface area (Å²) in [6.45, 7) is 3.08. The Morgan fingerprint density at radius 2 is 1.91 bits per heavy atom. The van der Waals surface area contributed by atoms with Crippen LogP contribution >= 0.6 is 11.8 Å². The van der Waals surface area contributed by atoms with E-state index in [0.717, 1.165) is 11.3 Å². The van der Waals surface area contributed by atoms with Crippen molar-refractivity contribution in [1.82, 2.24) is 14.7 Å². The lowest BCUT2D eigenvalue weighted by molar-refractivity contribution is -0.137. The van der Waals surface area contributed by atoms with Gasteiger partial charge in [-0.15, -0.1) is 0 Å². The zero-order chi connectivity index (χ0) is 24.1. The van der Waals surface area contributed by atoms with Crippen LogP contribution in [0.3, 0.4) is 0 Å². The Morgan fingerprint density at radius 1 is 1.21 bits per heavy atom. The highest BCUT2D eigenvalue weighted by Crippen LogP contribution is 2.36. The van der Waals surface area contributed by atoms with Crippen molar-refractivity contribution in [1.29, 1.82) is 0 Å². The van der Waals surface area contributed by atoms with Crippen LogP contribution in [0.2, 0.25) is 0 Å². The highest BCUT2D eigenvalue weighted by Gasteiger charge is 2.39. The minimum atomic E-state index is -0.731. The molecule has 2 amide bonds. The Morgan fingerprint density at radius 3 is 2.55 bits per heavy atom. The van der Waals surface area contributed by atoms with Gasteiger partial charge in [-0.1, -0.05) is 23.9 Å². The van der Waals surface area contributed by atoms with E-state index in [1.165, 1.54) is 12.1 Å². The van der Waals surface area contributed by atoms with Gasteiger partial charge in [0.25, 0.3) is 0 Å². The van der Waals surface area contributed by atoms with Crippen LogP contribution in [0.25, 0.3) is 0 Å². The lowest BCUT2D eigenvalue weighted by Gasteiger charge is -2.46. The number of amides is 2. The molecule has 1 fully saturated rings. The third-order valence-corrected chi connectivity index (χ3v) is 7.31. The minimum Gasteiger partial charge on any atom is -0.370 e. The first-order valence-electron chi connectivity index (χ1n) is 11.1. The summed E-state index contributed by atoms with van der Waals surface area (Å²) in [5.41, 5.74) is 13.3. The van der Waals surface area contributed by atoms with Gasteiger partial charge in [0.2, 0.25) is 11.8 Å². The normalized spacial score (nSPS) is 22.2. The number of nitrogens with two attached hydrogens (primary N) is 2. The number of benzene rings is 1. The number of hydrogen-bond donors (Lipinski definition) is 2. The maximum Gasteiger partial charge on any atom is 0.239 e. The Balaban J connectivity index is 1.64. The van der Waals surface area contributed by atoms with Crippen LogP contribution in [0.15, 0.2) is 35.4 Å². The molecule has 3 atom stereocenters. The number of thioether (sulfide) groups is 1. The Labute approximate surface area is 198 Å². The van der Waals surface area contributed by atoms with Crippen LogP contribution in [0, 0.1) is 5.82 Å². The molecular weight excluding hydrogens is 445 g/mol. The quantitative estimate of drug-likeness (QED) is 0.550. The summed E-state index contributed by atoms with van der Waals surface area (Å²) in [5.74, 6) is -0.775. The van der Waals surface area contributed by atoms with Crippen molar-refractivity contribution >= 4 is 29.4 Å². The van der Waals surface area contributed by atoms with Crippen molar-refractivity contribution in [2.75, 3.05) is 26.7 Å². The fourth-order valence-corrected chi connectivity index (χ4v) is 5.63. The van der Waals surface area contributed by atoms with Crippen molar-refractivity contribution in [3.05, 3.63) is 46.8 Å². The molecule has 4 N–H and O–H groups in total. The molecule has 180 valence electrons. The van der Waals surface area contributed by atoms with Crippen LogP contribution in [-0.2, 0) is 20.8 Å². The van der Waals surface area contributed by atoms with E-state index >= 15 is 0 Å². The third kappa shape index (κ3) is 6.55. The van der Waals surface area contributed by atoms with Crippen LogP contribution in [0.1, 0.15) is 31.7 Å². The molecule has 1 aromatic carbocycles. The van der Waals surface area contributed by atoms with Gasteiger partial charge in [0.15, 0.2) is 0 Å². The average Bonchev–Trinajstić information content (AvgIpc) is 3.13. The molecule has 0 spiro atoms. The van der Waals surface area contributed by atoms with E-state index in [9.17, 15) is 18.8 Å². The molecule has 10 heteroatoms. The van der Waals surface area contributed by atoms with Crippen LogP contribution in [0.5, 0.6) is 0 Å². The molecule has 2 heterocycles. The Hall–Kier alpha value is -2.43. The number of nitrogens with zero attached hydrogens (tertiary/aromatic N) is 3. The molecule has 33 heavy (non-hydrogen) atoms. The number of primary amides is 1. The van der Waals surface area contributed by atoms with Gasteiger partial charge in [-0.05, 0) is 42.9 Å². The number of halogens is 1. The molecule has 8 nitrogen and oxygen atoms in total. The number of Topliss-reactive ketones (excluding diaryl/α,β-unsaturated/α-hetero) is 1. The van der Waals surface area contributed by atoms with E-state index in [4.69, 9.17) is 11.5 Å². The smallest absolute Gasteiger partial charge is 0.239 e.